The zero-order valence-electron chi connectivity index (χ0n) is 14.2. The lowest BCUT2D eigenvalue weighted by atomic mass is 9.98. The van der Waals surface area contributed by atoms with E-state index in [4.69, 9.17) is 0 Å². The van der Waals surface area contributed by atoms with Crippen LogP contribution in [0.2, 0.25) is 0 Å². The van der Waals surface area contributed by atoms with Crippen LogP contribution in [-0.2, 0) is 6.42 Å². The highest BCUT2D eigenvalue weighted by molar-refractivity contribution is 6.10. The van der Waals surface area contributed by atoms with E-state index in [-0.39, 0.29) is 34.8 Å². The first kappa shape index (κ1) is 18.9. The van der Waals surface area contributed by atoms with Gasteiger partial charge in [0, 0.05) is 17.7 Å². The maximum Gasteiger partial charge on any atom is 0.193 e. The lowest BCUT2D eigenvalue weighted by Crippen LogP contribution is -2.00. The molecular formula is C20H20O6. The maximum absolute atomic E-state index is 12.4. The van der Waals surface area contributed by atoms with Crippen LogP contribution in [0.5, 0.6) is 28.7 Å². The fourth-order valence-electron chi connectivity index (χ4n) is 2.48. The number of rotatable bonds is 6. The monoisotopic (exact) mass is 356 g/mol. The molecule has 0 aromatic heterocycles. The molecule has 0 fully saturated rings. The van der Waals surface area contributed by atoms with Gasteiger partial charge in [0.25, 0.3) is 0 Å². The van der Waals surface area contributed by atoms with Crippen molar-refractivity contribution < 1.29 is 30.3 Å². The maximum atomic E-state index is 12.4. The van der Waals surface area contributed by atoms with Crippen LogP contribution in [-0.4, -0.2) is 31.3 Å². The number of hydrogen-bond acceptors (Lipinski definition) is 6. The molecule has 5 N–H and O–H groups in total. The van der Waals surface area contributed by atoms with Gasteiger partial charge in [-0.05, 0) is 43.5 Å². The number of allylic oxidation sites excluding steroid dienone is 2. The minimum Gasteiger partial charge on any atom is -0.508 e. The Labute approximate surface area is 150 Å². The molecule has 6 heteroatoms. The quantitative estimate of drug-likeness (QED) is 0.306. The van der Waals surface area contributed by atoms with E-state index in [9.17, 15) is 30.3 Å². The molecule has 0 bridgehead atoms. The molecule has 0 unspecified atom stereocenters. The summed E-state index contributed by atoms with van der Waals surface area (Å²) in [4.78, 5) is 12.4. The van der Waals surface area contributed by atoms with Gasteiger partial charge in [0.05, 0.1) is 0 Å². The minimum absolute atomic E-state index is 0.151. The van der Waals surface area contributed by atoms with Gasteiger partial charge in [-0.3, -0.25) is 4.79 Å². The molecule has 0 radical (unpaired) electrons. The molecule has 0 saturated heterocycles. The molecular weight excluding hydrogens is 336 g/mol. The van der Waals surface area contributed by atoms with Crippen molar-refractivity contribution in [3.05, 3.63) is 59.2 Å². The van der Waals surface area contributed by atoms with E-state index in [0.717, 1.165) is 23.8 Å². The highest BCUT2D eigenvalue weighted by Gasteiger charge is 2.21. The Morgan fingerprint density at radius 3 is 2.19 bits per heavy atom. The van der Waals surface area contributed by atoms with E-state index in [1.54, 1.807) is 6.92 Å². The molecule has 0 aliphatic heterocycles. The Bertz CT molecular complexity index is 875. The summed E-state index contributed by atoms with van der Waals surface area (Å²) in [6, 6.07) is 4.82. The summed E-state index contributed by atoms with van der Waals surface area (Å²) >= 11 is 0. The predicted molar refractivity (Wildman–Crippen MR) is 97.7 cm³/mol. The zero-order chi connectivity index (χ0) is 19.4. The van der Waals surface area contributed by atoms with Crippen molar-refractivity contribution >= 4 is 11.9 Å². The second-order valence-corrected chi connectivity index (χ2v) is 6.05. The van der Waals surface area contributed by atoms with E-state index < -0.39 is 17.3 Å². The summed E-state index contributed by atoms with van der Waals surface area (Å²) in [6.45, 7) is 5.55. The number of phenolic OH excluding ortho intramolecular Hbond substituents is 5. The number of carbonyl (C=O) groups is 1. The van der Waals surface area contributed by atoms with Crippen molar-refractivity contribution in [1.29, 1.82) is 0 Å². The highest BCUT2D eigenvalue weighted by atomic mass is 16.3. The topological polar surface area (TPSA) is 118 Å². The van der Waals surface area contributed by atoms with Crippen molar-refractivity contribution in [3.8, 4) is 28.7 Å². The average Bonchev–Trinajstić information content (AvgIpc) is 2.51. The SMILES string of the molecule is C=C(C)CCc1c(O)cc(O)c(C(=O)/C=C/c2cc(O)cc(O)c2)c1O. The molecule has 136 valence electrons. The van der Waals surface area contributed by atoms with Crippen LogP contribution in [0, 0.1) is 0 Å². The fraction of sp³-hybridized carbons (Fsp3) is 0.150. The van der Waals surface area contributed by atoms with E-state index in [0.29, 0.717) is 12.0 Å². The molecule has 0 spiro atoms. The third-order valence-electron chi connectivity index (χ3n) is 3.76. The zero-order valence-corrected chi connectivity index (χ0v) is 14.2. The first-order valence-electron chi connectivity index (χ1n) is 7.85. The Morgan fingerprint density at radius 2 is 1.62 bits per heavy atom. The standard InChI is InChI=1S/C20H20O6/c1-11(2)3-5-15-17(24)10-18(25)19(20(15)26)16(23)6-4-12-7-13(21)9-14(22)8-12/h4,6-10,21-22,24-26H,1,3,5H2,2H3/b6-4+. The molecule has 2 rings (SSSR count). The van der Waals surface area contributed by atoms with Gasteiger partial charge in [-0.1, -0.05) is 11.6 Å². The second kappa shape index (κ2) is 7.65. The second-order valence-electron chi connectivity index (χ2n) is 6.05. The molecule has 2 aromatic carbocycles. The van der Waals surface area contributed by atoms with Gasteiger partial charge < -0.3 is 25.5 Å². The summed E-state index contributed by atoms with van der Waals surface area (Å²) in [6.07, 6.45) is 3.17. The van der Waals surface area contributed by atoms with Crippen LogP contribution in [0.4, 0.5) is 0 Å². The number of benzene rings is 2. The minimum atomic E-state index is -0.695. The van der Waals surface area contributed by atoms with Gasteiger partial charge in [0.15, 0.2) is 5.78 Å². The van der Waals surface area contributed by atoms with Crippen molar-refractivity contribution in [1.82, 2.24) is 0 Å². The van der Waals surface area contributed by atoms with Crippen LogP contribution in [0.15, 0.2) is 42.5 Å². The molecule has 2 aromatic rings. The summed E-state index contributed by atoms with van der Waals surface area (Å²) in [5.74, 6) is -2.38. The first-order chi connectivity index (χ1) is 12.2. The fourth-order valence-corrected chi connectivity index (χ4v) is 2.48. The van der Waals surface area contributed by atoms with Gasteiger partial charge in [-0.25, -0.2) is 0 Å². The molecule has 0 heterocycles. The Morgan fingerprint density at radius 1 is 1.00 bits per heavy atom. The van der Waals surface area contributed by atoms with Gasteiger partial charge in [-0.2, -0.15) is 0 Å². The molecule has 0 atom stereocenters. The highest BCUT2D eigenvalue weighted by Crippen LogP contribution is 2.39. The van der Waals surface area contributed by atoms with Crippen LogP contribution >= 0.6 is 0 Å². The van der Waals surface area contributed by atoms with Crippen LogP contribution < -0.4 is 0 Å². The van der Waals surface area contributed by atoms with E-state index >= 15 is 0 Å². The summed E-state index contributed by atoms with van der Waals surface area (Å²) in [5, 5.41) is 49.1. The number of phenols is 5. The number of carbonyl (C=O) groups excluding carboxylic acids is 1. The van der Waals surface area contributed by atoms with Crippen LogP contribution in [0.3, 0.4) is 0 Å². The third-order valence-corrected chi connectivity index (χ3v) is 3.76. The Kier molecular flexibility index (Phi) is 5.57. The lowest BCUT2D eigenvalue weighted by Gasteiger charge is -2.12. The van der Waals surface area contributed by atoms with Gasteiger partial charge >= 0.3 is 0 Å². The average molecular weight is 356 g/mol. The summed E-state index contributed by atoms with van der Waals surface area (Å²) in [7, 11) is 0. The van der Waals surface area contributed by atoms with Crippen LogP contribution in [0.1, 0.15) is 34.8 Å². The lowest BCUT2D eigenvalue weighted by molar-refractivity contribution is 0.104. The third kappa shape index (κ3) is 4.36. The normalized spacial score (nSPS) is 11.0. The summed E-state index contributed by atoms with van der Waals surface area (Å²) < 4.78 is 0. The largest absolute Gasteiger partial charge is 0.508 e. The molecule has 6 nitrogen and oxygen atoms in total. The number of hydrogen-bond donors (Lipinski definition) is 5. The van der Waals surface area contributed by atoms with Crippen LogP contribution in [0.25, 0.3) is 6.08 Å². The Balaban J connectivity index is 2.37. The summed E-state index contributed by atoms with van der Waals surface area (Å²) in [5.41, 5.74) is 1.02. The van der Waals surface area contributed by atoms with E-state index in [1.165, 1.54) is 18.2 Å². The number of ketones is 1. The first-order valence-corrected chi connectivity index (χ1v) is 7.85. The van der Waals surface area contributed by atoms with Crippen molar-refractivity contribution in [2.45, 2.75) is 19.8 Å². The molecule has 0 amide bonds. The number of aromatic hydroxyl groups is 5. The predicted octanol–water partition coefficient (Wildman–Crippen LogP) is 3.62. The van der Waals surface area contributed by atoms with E-state index in [2.05, 4.69) is 6.58 Å². The Hall–Kier alpha value is -3.41. The smallest absolute Gasteiger partial charge is 0.193 e. The van der Waals surface area contributed by atoms with Crippen molar-refractivity contribution in [3.63, 3.8) is 0 Å². The van der Waals surface area contributed by atoms with E-state index in [1.807, 2.05) is 0 Å². The van der Waals surface area contributed by atoms with Gasteiger partial charge in [0.1, 0.15) is 34.3 Å². The molecule has 0 aliphatic carbocycles. The van der Waals surface area contributed by atoms with Gasteiger partial charge in [0.2, 0.25) is 0 Å². The molecule has 26 heavy (non-hydrogen) atoms. The molecule has 0 saturated carbocycles. The molecule has 0 aliphatic rings. The van der Waals surface area contributed by atoms with Crippen molar-refractivity contribution in [2.24, 2.45) is 0 Å². The van der Waals surface area contributed by atoms with Gasteiger partial charge in [-0.15, -0.1) is 6.58 Å². The van der Waals surface area contributed by atoms with Crippen molar-refractivity contribution in [2.75, 3.05) is 0 Å².